The summed E-state index contributed by atoms with van der Waals surface area (Å²) in [5.41, 5.74) is 0. The molecule has 0 radical (unpaired) electrons. The van der Waals surface area contributed by atoms with Crippen LogP contribution in [0.25, 0.3) is 0 Å². The second kappa shape index (κ2) is 7.71. The van der Waals surface area contributed by atoms with Crippen LogP contribution in [0.3, 0.4) is 0 Å². The molecule has 1 heterocycles. The smallest absolute Gasteiger partial charge is 0.118 e. The van der Waals surface area contributed by atoms with Gasteiger partial charge in [0.25, 0.3) is 0 Å². The van der Waals surface area contributed by atoms with Gasteiger partial charge in [-0.1, -0.05) is 19.8 Å². The van der Waals surface area contributed by atoms with Gasteiger partial charge in [0.1, 0.15) is 11.5 Å². The lowest BCUT2D eigenvalue weighted by molar-refractivity contribution is 0.248. The van der Waals surface area contributed by atoms with Gasteiger partial charge in [-0.15, -0.1) is 0 Å². The topological polar surface area (TPSA) is 28.4 Å². The summed E-state index contributed by atoms with van der Waals surface area (Å²) in [7, 11) is 2.20. The lowest BCUT2D eigenvalue weighted by Crippen LogP contribution is -2.23. The molecule has 0 aliphatic heterocycles. The Bertz CT molecular complexity index is 355. The van der Waals surface area contributed by atoms with Crippen molar-refractivity contribution in [3.63, 3.8) is 0 Å². The summed E-state index contributed by atoms with van der Waals surface area (Å²) >= 11 is 0. The Morgan fingerprint density at radius 1 is 1.26 bits per heavy atom. The van der Waals surface area contributed by atoms with Crippen LogP contribution < -0.4 is 5.32 Å². The third-order valence-electron chi connectivity index (χ3n) is 3.91. The highest BCUT2D eigenvalue weighted by Gasteiger charge is 2.17. The number of nitrogens with zero attached hydrogens (tertiary/aromatic N) is 1. The van der Waals surface area contributed by atoms with Crippen molar-refractivity contribution in [1.82, 2.24) is 10.2 Å². The number of rotatable bonds is 8. The number of furan rings is 1. The molecule has 1 aromatic rings. The maximum atomic E-state index is 5.86. The fourth-order valence-electron chi connectivity index (χ4n) is 2.95. The minimum Gasteiger partial charge on any atom is -0.463 e. The predicted molar refractivity (Wildman–Crippen MR) is 79.0 cm³/mol. The SMILES string of the molecule is CCCNCc1ccc(CN(C)CC2CCCC2)o1. The summed E-state index contributed by atoms with van der Waals surface area (Å²) in [5.74, 6) is 3.05. The first-order chi connectivity index (χ1) is 9.28. The van der Waals surface area contributed by atoms with E-state index in [1.54, 1.807) is 0 Å². The highest BCUT2D eigenvalue weighted by atomic mass is 16.3. The van der Waals surface area contributed by atoms with Crippen LogP contribution in [0, 0.1) is 5.92 Å². The molecule has 1 saturated carbocycles. The standard InChI is InChI=1S/C16H28N2O/c1-3-10-17-11-15-8-9-16(19-15)13-18(2)12-14-6-4-5-7-14/h8-9,14,17H,3-7,10-13H2,1-2H3. The first-order valence-corrected chi connectivity index (χ1v) is 7.74. The molecular weight excluding hydrogens is 236 g/mol. The van der Waals surface area contributed by atoms with Crippen LogP contribution in [0.5, 0.6) is 0 Å². The zero-order valence-corrected chi connectivity index (χ0v) is 12.5. The molecule has 2 rings (SSSR count). The maximum absolute atomic E-state index is 5.86. The van der Waals surface area contributed by atoms with Gasteiger partial charge in [-0.2, -0.15) is 0 Å². The van der Waals surface area contributed by atoms with Crippen LogP contribution in [0.1, 0.15) is 50.5 Å². The predicted octanol–water partition coefficient (Wildman–Crippen LogP) is 3.40. The third-order valence-corrected chi connectivity index (χ3v) is 3.91. The molecule has 0 aromatic carbocycles. The second-order valence-corrected chi connectivity index (χ2v) is 5.89. The van der Waals surface area contributed by atoms with E-state index < -0.39 is 0 Å². The van der Waals surface area contributed by atoms with Crippen molar-refractivity contribution in [2.75, 3.05) is 20.1 Å². The highest BCUT2D eigenvalue weighted by Crippen LogP contribution is 2.25. The van der Waals surface area contributed by atoms with Gasteiger partial charge in [0.15, 0.2) is 0 Å². The minimum atomic E-state index is 0.847. The molecule has 3 heteroatoms. The summed E-state index contributed by atoms with van der Waals surface area (Å²) in [6.07, 6.45) is 6.83. The molecule has 1 N–H and O–H groups in total. The van der Waals surface area contributed by atoms with E-state index >= 15 is 0 Å². The van der Waals surface area contributed by atoms with Gasteiger partial charge in [-0.25, -0.2) is 0 Å². The molecule has 1 aliphatic rings. The van der Waals surface area contributed by atoms with Crippen LogP contribution >= 0.6 is 0 Å². The summed E-state index contributed by atoms with van der Waals surface area (Å²) in [5, 5.41) is 3.37. The molecule has 0 amide bonds. The summed E-state index contributed by atoms with van der Waals surface area (Å²) in [6.45, 7) is 6.23. The van der Waals surface area contributed by atoms with Gasteiger partial charge in [0.05, 0.1) is 13.1 Å². The van der Waals surface area contributed by atoms with Gasteiger partial charge in [-0.05, 0) is 50.9 Å². The molecule has 0 spiro atoms. The summed E-state index contributed by atoms with van der Waals surface area (Å²) in [6, 6.07) is 4.22. The molecule has 0 bridgehead atoms. The molecule has 3 nitrogen and oxygen atoms in total. The van der Waals surface area contributed by atoms with E-state index in [1.807, 2.05) is 0 Å². The first kappa shape index (κ1) is 14.6. The quantitative estimate of drug-likeness (QED) is 0.729. The van der Waals surface area contributed by atoms with Gasteiger partial charge in [0, 0.05) is 6.54 Å². The van der Waals surface area contributed by atoms with E-state index in [0.717, 1.165) is 43.5 Å². The molecule has 0 saturated heterocycles. The Kier molecular flexibility index (Phi) is 5.93. The fraction of sp³-hybridized carbons (Fsp3) is 0.750. The second-order valence-electron chi connectivity index (χ2n) is 5.89. The van der Waals surface area contributed by atoms with Gasteiger partial charge < -0.3 is 9.73 Å². The Morgan fingerprint density at radius 3 is 2.74 bits per heavy atom. The maximum Gasteiger partial charge on any atom is 0.118 e. The number of hydrogen-bond donors (Lipinski definition) is 1. The molecule has 19 heavy (non-hydrogen) atoms. The first-order valence-electron chi connectivity index (χ1n) is 7.74. The van der Waals surface area contributed by atoms with E-state index in [0.29, 0.717) is 0 Å². The fourth-order valence-corrected chi connectivity index (χ4v) is 2.95. The van der Waals surface area contributed by atoms with Crippen LogP contribution in [-0.2, 0) is 13.1 Å². The molecule has 1 aliphatic carbocycles. The summed E-state index contributed by atoms with van der Waals surface area (Å²) < 4.78 is 5.86. The van der Waals surface area contributed by atoms with Gasteiger partial charge in [-0.3, -0.25) is 4.90 Å². The average molecular weight is 264 g/mol. The van der Waals surface area contributed by atoms with Crippen molar-refractivity contribution in [3.05, 3.63) is 23.7 Å². The van der Waals surface area contributed by atoms with E-state index in [-0.39, 0.29) is 0 Å². The van der Waals surface area contributed by atoms with Crippen molar-refractivity contribution in [2.24, 2.45) is 5.92 Å². The van der Waals surface area contributed by atoms with E-state index in [1.165, 1.54) is 32.2 Å². The Balaban J connectivity index is 1.72. The average Bonchev–Trinajstić information content (AvgIpc) is 3.02. The third kappa shape index (κ3) is 5.00. The van der Waals surface area contributed by atoms with E-state index in [4.69, 9.17) is 4.42 Å². The van der Waals surface area contributed by atoms with Crippen LogP contribution in [0.4, 0.5) is 0 Å². The van der Waals surface area contributed by atoms with E-state index in [9.17, 15) is 0 Å². The lowest BCUT2D eigenvalue weighted by Gasteiger charge is -2.19. The lowest BCUT2D eigenvalue weighted by atomic mass is 10.1. The molecule has 1 aromatic heterocycles. The summed E-state index contributed by atoms with van der Waals surface area (Å²) in [4.78, 5) is 2.40. The van der Waals surface area contributed by atoms with Crippen molar-refractivity contribution >= 4 is 0 Å². The van der Waals surface area contributed by atoms with Gasteiger partial charge >= 0.3 is 0 Å². The molecular formula is C16H28N2O. The van der Waals surface area contributed by atoms with Crippen LogP contribution in [0.2, 0.25) is 0 Å². The van der Waals surface area contributed by atoms with Crippen molar-refractivity contribution < 1.29 is 4.42 Å². The van der Waals surface area contributed by atoms with E-state index in [2.05, 4.69) is 36.3 Å². The van der Waals surface area contributed by atoms with Crippen molar-refractivity contribution in [3.8, 4) is 0 Å². The number of nitrogens with one attached hydrogen (secondary N) is 1. The van der Waals surface area contributed by atoms with Crippen molar-refractivity contribution in [1.29, 1.82) is 0 Å². The zero-order chi connectivity index (χ0) is 13.5. The van der Waals surface area contributed by atoms with Gasteiger partial charge in [0.2, 0.25) is 0 Å². The van der Waals surface area contributed by atoms with Crippen LogP contribution in [-0.4, -0.2) is 25.0 Å². The highest BCUT2D eigenvalue weighted by molar-refractivity contribution is 5.07. The Labute approximate surface area is 117 Å². The zero-order valence-electron chi connectivity index (χ0n) is 12.5. The molecule has 1 fully saturated rings. The van der Waals surface area contributed by atoms with Crippen LogP contribution in [0.15, 0.2) is 16.5 Å². The molecule has 0 atom stereocenters. The Morgan fingerprint density at radius 2 is 2.00 bits per heavy atom. The monoisotopic (exact) mass is 264 g/mol. The molecule has 0 unspecified atom stereocenters. The largest absolute Gasteiger partial charge is 0.463 e. The Hall–Kier alpha value is -0.800. The normalized spacial score (nSPS) is 16.6. The van der Waals surface area contributed by atoms with Crippen molar-refractivity contribution in [2.45, 2.75) is 52.1 Å². The minimum absolute atomic E-state index is 0.847. The number of hydrogen-bond acceptors (Lipinski definition) is 3. The molecule has 108 valence electrons.